The molecule has 0 aliphatic rings. The van der Waals surface area contributed by atoms with Gasteiger partial charge in [0.2, 0.25) is 5.91 Å². The van der Waals surface area contributed by atoms with Gasteiger partial charge < -0.3 is 15.4 Å². The normalized spacial score (nSPS) is 10.2. The lowest BCUT2D eigenvalue weighted by Gasteiger charge is -2.13. The molecular formula is C16H13Cl2FN2O3. The van der Waals surface area contributed by atoms with E-state index in [1.54, 1.807) is 0 Å². The lowest BCUT2D eigenvalue weighted by atomic mass is 10.1. The van der Waals surface area contributed by atoms with Gasteiger partial charge in [-0.15, -0.1) is 0 Å². The van der Waals surface area contributed by atoms with Crippen LogP contribution >= 0.6 is 23.2 Å². The zero-order valence-corrected chi connectivity index (χ0v) is 14.3. The molecule has 2 rings (SSSR count). The van der Waals surface area contributed by atoms with Gasteiger partial charge in [0.05, 0.1) is 28.4 Å². The van der Waals surface area contributed by atoms with Crippen LogP contribution in [0.2, 0.25) is 10.0 Å². The monoisotopic (exact) mass is 370 g/mol. The molecule has 0 aliphatic heterocycles. The third-order valence-corrected chi connectivity index (χ3v) is 3.62. The number of benzene rings is 2. The third kappa shape index (κ3) is 4.15. The standard InChI is InChI=1S/C16H13Cl2FN2O3/c1-8(22)20-14-7-15(24-2)10(6-12(14)18)16(23)21-9-3-4-13(19)11(17)5-9/h3-7H,1-2H3,(H,20,22)(H,21,23). The minimum atomic E-state index is -0.588. The van der Waals surface area contributed by atoms with Gasteiger partial charge in [0.1, 0.15) is 11.6 Å². The minimum Gasteiger partial charge on any atom is -0.496 e. The van der Waals surface area contributed by atoms with Crippen molar-refractivity contribution in [3.05, 3.63) is 51.8 Å². The van der Waals surface area contributed by atoms with E-state index in [1.807, 2.05) is 0 Å². The molecule has 0 spiro atoms. The SMILES string of the molecule is COc1cc(NC(C)=O)c(Cl)cc1C(=O)Nc1ccc(F)c(Cl)c1. The summed E-state index contributed by atoms with van der Waals surface area (Å²) in [6.45, 7) is 1.34. The second kappa shape index (κ2) is 7.51. The smallest absolute Gasteiger partial charge is 0.259 e. The molecule has 0 heterocycles. The van der Waals surface area contributed by atoms with Crippen molar-refractivity contribution in [1.29, 1.82) is 0 Å². The Bertz CT molecular complexity index is 812. The van der Waals surface area contributed by atoms with Crippen LogP contribution in [0.25, 0.3) is 0 Å². The average molecular weight is 371 g/mol. The van der Waals surface area contributed by atoms with E-state index >= 15 is 0 Å². The zero-order valence-electron chi connectivity index (χ0n) is 12.7. The highest BCUT2D eigenvalue weighted by Gasteiger charge is 2.17. The maximum Gasteiger partial charge on any atom is 0.259 e. The highest BCUT2D eigenvalue weighted by molar-refractivity contribution is 6.34. The van der Waals surface area contributed by atoms with Crippen molar-refractivity contribution in [2.24, 2.45) is 0 Å². The number of methoxy groups -OCH3 is 1. The van der Waals surface area contributed by atoms with E-state index in [4.69, 9.17) is 27.9 Å². The first-order chi connectivity index (χ1) is 11.3. The number of carbonyl (C=O) groups excluding carboxylic acids is 2. The summed E-state index contributed by atoms with van der Waals surface area (Å²) in [4.78, 5) is 23.6. The Morgan fingerprint density at radius 1 is 1.08 bits per heavy atom. The van der Waals surface area contributed by atoms with Crippen molar-refractivity contribution in [2.75, 3.05) is 17.7 Å². The van der Waals surface area contributed by atoms with Gasteiger partial charge in [-0.3, -0.25) is 9.59 Å². The number of ether oxygens (including phenoxy) is 1. The molecule has 0 saturated heterocycles. The Hall–Kier alpha value is -2.31. The molecule has 5 nitrogen and oxygen atoms in total. The van der Waals surface area contributed by atoms with E-state index in [-0.39, 0.29) is 27.3 Å². The lowest BCUT2D eigenvalue weighted by Crippen LogP contribution is -2.14. The molecule has 2 aromatic carbocycles. The van der Waals surface area contributed by atoms with Crippen LogP contribution in [0.1, 0.15) is 17.3 Å². The third-order valence-electron chi connectivity index (χ3n) is 3.02. The van der Waals surface area contributed by atoms with Crippen LogP contribution in [0.4, 0.5) is 15.8 Å². The molecule has 0 radical (unpaired) electrons. The quantitative estimate of drug-likeness (QED) is 0.840. The number of hydrogen-bond acceptors (Lipinski definition) is 3. The maximum absolute atomic E-state index is 13.2. The van der Waals surface area contributed by atoms with E-state index in [1.165, 1.54) is 38.3 Å². The van der Waals surface area contributed by atoms with Crippen LogP contribution in [0.3, 0.4) is 0 Å². The Labute approximate surface area is 147 Å². The molecule has 8 heteroatoms. The summed E-state index contributed by atoms with van der Waals surface area (Å²) in [5.41, 5.74) is 0.787. The van der Waals surface area contributed by atoms with E-state index in [0.717, 1.165) is 6.07 Å². The molecule has 2 amide bonds. The summed E-state index contributed by atoms with van der Waals surface area (Å²) in [6.07, 6.45) is 0. The molecule has 0 fully saturated rings. The van der Waals surface area contributed by atoms with Crippen LogP contribution in [0.15, 0.2) is 30.3 Å². The largest absolute Gasteiger partial charge is 0.496 e. The Balaban J connectivity index is 2.32. The van der Waals surface area contributed by atoms with E-state index in [2.05, 4.69) is 10.6 Å². The Morgan fingerprint density at radius 3 is 2.38 bits per heavy atom. The molecule has 0 aliphatic carbocycles. The fraction of sp³-hybridized carbons (Fsp3) is 0.125. The lowest BCUT2D eigenvalue weighted by molar-refractivity contribution is -0.114. The van der Waals surface area contributed by atoms with Gasteiger partial charge in [-0.25, -0.2) is 4.39 Å². The number of rotatable bonds is 4. The fourth-order valence-corrected chi connectivity index (χ4v) is 2.35. The summed E-state index contributed by atoms with van der Waals surface area (Å²) in [6, 6.07) is 6.61. The number of nitrogens with one attached hydrogen (secondary N) is 2. The summed E-state index contributed by atoms with van der Waals surface area (Å²) < 4.78 is 18.3. The van der Waals surface area contributed by atoms with E-state index < -0.39 is 11.7 Å². The Kier molecular flexibility index (Phi) is 5.64. The van der Waals surface area contributed by atoms with Gasteiger partial charge >= 0.3 is 0 Å². The van der Waals surface area contributed by atoms with Crippen LogP contribution < -0.4 is 15.4 Å². The molecule has 0 atom stereocenters. The Morgan fingerprint density at radius 2 is 1.79 bits per heavy atom. The van der Waals surface area contributed by atoms with Gasteiger partial charge in [0, 0.05) is 18.7 Å². The van der Waals surface area contributed by atoms with Crippen molar-refractivity contribution in [3.63, 3.8) is 0 Å². The minimum absolute atomic E-state index is 0.112. The molecule has 24 heavy (non-hydrogen) atoms. The van der Waals surface area contributed by atoms with Crippen LogP contribution in [-0.4, -0.2) is 18.9 Å². The van der Waals surface area contributed by atoms with E-state index in [0.29, 0.717) is 11.4 Å². The highest BCUT2D eigenvalue weighted by Crippen LogP contribution is 2.31. The summed E-state index contributed by atoms with van der Waals surface area (Å²) >= 11 is 11.8. The first-order valence-corrected chi connectivity index (χ1v) is 7.49. The molecule has 0 unspecified atom stereocenters. The molecule has 0 saturated carbocycles. The second-order valence-corrected chi connectivity index (χ2v) is 5.61. The predicted octanol–water partition coefficient (Wildman–Crippen LogP) is 4.35. The van der Waals surface area contributed by atoms with Gasteiger partial charge in [0.25, 0.3) is 5.91 Å². The topological polar surface area (TPSA) is 67.4 Å². The predicted molar refractivity (Wildman–Crippen MR) is 91.7 cm³/mol. The van der Waals surface area contributed by atoms with Crippen LogP contribution in [-0.2, 0) is 4.79 Å². The first kappa shape index (κ1) is 18.0. The molecule has 2 aromatic rings. The first-order valence-electron chi connectivity index (χ1n) is 6.73. The maximum atomic E-state index is 13.2. The van der Waals surface area contributed by atoms with Crippen molar-refractivity contribution in [2.45, 2.75) is 6.92 Å². The fourth-order valence-electron chi connectivity index (χ4n) is 1.96. The van der Waals surface area contributed by atoms with Crippen LogP contribution in [0.5, 0.6) is 5.75 Å². The van der Waals surface area contributed by atoms with E-state index in [9.17, 15) is 14.0 Å². The summed E-state index contributed by atoms with van der Waals surface area (Å²) in [5, 5.41) is 5.17. The molecule has 126 valence electrons. The number of amides is 2. The number of carbonyl (C=O) groups is 2. The van der Waals surface area contributed by atoms with Crippen LogP contribution in [0, 0.1) is 5.82 Å². The van der Waals surface area contributed by atoms with Gasteiger partial charge in [0.15, 0.2) is 0 Å². The zero-order chi connectivity index (χ0) is 17.9. The van der Waals surface area contributed by atoms with Crippen molar-refractivity contribution in [3.8, 4) is 5.75 Å². The molecule has 0 bridgehead atoms. The van der Waals surface area contributed by atoms with Crippen molar-refractivity contribution >= 4 is 46.4 Å². The average Bonchev–Trinajstić information content (AvgIpc) is 2.52. The van der Waals surface area contributed by atoms with Crippen molar-refractivity contribution < 1.29 is 18.7 Å². The van der Waals surface area contributed by atoms with Crippen molar-refractivity contribution in [1.82, 2.24) is 0 Å². The highest BCUT2D eigenvalue weighted by atomic mass is 35.5. The molecule has 0 aromatic heterocycles. The molecule has 2 N–H and O–H groups in total. The number of anilines is 2. The number of halogens is 3. The summed E-state index contributed by atoms with van der Waals surface area (Å²) in [7, 11) is 1.38. The number of hydrogen-bond donors (Lipinski definition) is 2. The summed E-state index contributed by atoms with van der Waals surface area (Å²) in [5.74, 6) is -1.20. The second-order valence-electron chi connectivity index (χ2n) is 4.80. The van der Waals surface area contributed by atoms with Gasteiger partial charge in [-0.2, -0.15) is 0 Å². The van der Waals surface area contributed by atoms with Gasteiger partial charge in [-0.05, 0) is 24.3 Å². The van der Waals surface area contributed by atoms with Gasteiger partial charge in [-0.1, -0.05) is 23.2 Å². The molecular weight excluding hydrogens is 358 g/mol.